The molecule has 1 amide bonds. The second-order valence-electron chi connectivity index (χ2n) is 4.16. The van der Waals surface area contributed by atoms with Gasteiger partial charge >= 0.3 is 0 Å². The van der Waals surface area contributed by atoms with Crippen LogP contribution in [0.4, 0.5) is 5.82 Å². The first-order valence-corrected chi connectivity index (χ1v) is 5.93. The number of aromatic hydroxyl groups is 1. The Balaban J connectivity index is 2.10. The number of nitrogens with one attached hydrogen (secondary N) is 2. The molecule has 0 spiro atoms. The van der Waals surface area contributed by atoms with Crippen LogP contribution in [0.5, 0.6) is 5.75 Å². The van der Waals surface area contributed by atoms with E-state index in [2.05, 4.69) is 15.6 Å². The SMILES string of the molecule is CCc1ccnc(NC(=O)C2CCCN2)c1O. The first kappa shape index (κ1) is 11.9. The Hall–Kier alpha value is -1.62. The van der Waals surface area contributed by atoms with Crippen molar-refractivity contribution < 1.29 is 9.90 Å². The van der Waals surface area contributed by atoms with Crippen LogP contribution in [-0.2, 0) is 11.2 Å². The number of nitrogens with zero attached hydrogens (tertiary/aromatic N) is 1. The summed E-state index contributed by atoms with van der Waals surface area (Å²) in [6.45, 7) is 2.81. The third-order valence-electron chi connectivity index (χ3n) is 3.01. The molecule has 1 unspecified atom stereocenters. The molecule has 1 fully saturated rings. The molecule has 1 aliphatic rings. The maximum atomic E-state index is 11.8. The zero-order chi connectivity index (χ0) is 12.3. The molecule has 0 radical (unpaired) electrons. The van der Waals surface area contributed by atoms with Crippen molar-refractivity contribution in [1.29, 1.82) is 0 Å². The Morgan fingerprint density at radius 3 is 3.18 bits per heavy atom. The number of aromatic nitrogens is 1. The highest BCUT2D eigenvalue weighted by atomic mass is 16.3. The molecule has 0 bridgehead atoms. The quantitative estimate of drug-likeness (QED) is 0.732. The predicted molar refractivity (Wildman–Crippen MR) is 64.9 cm³/mol. The lowest BCUT2D eigenvalue weighted by Gasteiger charge is -2.12. The van der Waals surface area contributed by atoms with E-state index in [9.17, 15) is 9.90 Å². The second kappa shape index (κ2) is 5.14. The summed E-state index contributed by atoms with van der Waals surface area (Å²) in [6, 6.07) is 1.58. The first-order chi connectivity index (χ1) is 8.22. The highest BCUT2D eigenvalue weighted by Gasteiger charge is 2.23. The third-order valence-corrected chi connectivity index (χ3v) is 3.01. The van der Waals surface area contributed by atoms with Crippen molar-refractivity contribution in [3.63, 3.8) is 0 Å². The van der Waals surface area contributed by atoms with Gasteiger partial charge in [0.15, 0.2) is 11.6 Å². The van der Waals surface area contributed by atoms with Crippen LogP contribution in [0.25, 0.3) is 0 Å². The number of rotatable bonds is 3. The van der Waals surface area contributed by atoms with Gasteiger partial charge in [-0.3, -0.25) is 4.79 Å². The molecule has 1 atom stereocenters. The molecule has 1 aromatic rings. The molecule has 5 heteroatoms. The van der Waals surface area contributed by atoms with Gasteiger partial charge in [-0.15, -0.1) is 0 Å². The number of anilines is 1. The van der Waals surface area contributed by atoms with Crippen LogP contribution in [0.1, 0.15) is 25.3 Å². The van der Waals surface area contributed by atoms with Crippen molar-refractivity contribution in [3.8, 4) is 5.75 Å². The van der Waals surface area contributed by atoms with Gasteiger partial charge in [0.05, 0.1) is 6.04 Å². The van der Waals surface area contributed by atoms with Gasteiger partial charge in [0.1, 0.15) is 0 Å². The zero-order valence-corrected chi connectivity index (χ0v) is 9.86. The average molecular weight is 235 g/mol. The summed E-state index contributed by atoms with van der Waals surface area (Å²) in [6.07, 6.45) is 4.14. The fourth-order valence-corrected chi connectivity index (χ4v) is 1.98. The van der Waals surface area contributed by atoms with Gasteiger partial charge in [0.25, 0.3) is 0 Å². The molecular formula is C12H17N3O2. The molecule has 1 aromatic heterocycles. The molecule has 0 aromatic carbocycles. The number of carbonyl (C=O) groups excluding carboxylic acids is 1. The summed E-state index contributed by atoms with van der Waals surface area (Å²) < 4.78 is 0. The topological polar surface area (TPSA) is 74.2 Å². The van der Waals surface area contributed by atoms with Crippen LogP contribution in [0.3, 0.4) is 0 Å². The standard InChI is InChI=1S/C12H17N3O2/c1-2-8-5-7-14-11(10(8)16)15-12(17)9-4-3-6-13-9/h5,7,9,13,16H,2-4,6H2,1H3,(H,14,15,17). The summed E-state index contributed by atoms with van der Waals surface area (Å²) in [4.78, 5) is 15.8. The van der Waals surface area contributed by atoms with E-state index < -0.39 is 0 Å². The van der Waals surface area contributed by atoms with Gasteiger partial charge in [-0.2, -0.15) is 0 Å². The Morgan fingerprint density at radius 2 is 2.53 bits per heavy atom. The molecule has 1 saturated heterocycles. The minimum absolute atomic E-state index is 0.0707. The molecule has 3 N–H and O–H groups in total. The van der Waals surface area contributed by atoms with Crippen molar-refractivity contribution >= 4 is 11.7 Å². The van der Waals surface area contributed by atoms with Gasteiger partial charge in [0, 0.05) is 6.20 Å². The summed E-state index contributed by atoms with van der Waals surface area (Å²) >= 11 is 0. The first-order valence-electron chi connectivity index (χ1n) is 5.93. The normalized spacial score (nSPS) is 19.2. The van der Waals surface area contributed by atoms with Crippen molar-refractivity contribution in [1.82, 2.24) is 10.3 Å². The molecule has 17 heavy (non-hydrogen) atoms. The summed E-state index contributed by atoms with van der Waals surface area (Å²) in [5, 5.41) is 15.7. The number of amides is 1. The van der Waals surface area contributed by atoms with Crippen molar-refractivity contribution in [2.24, 2.45) is 0 Å². The van der Waals surface area contributed by atoms with E-state index in [-0.39, 0.29) is 23.5 Å². The molecule has 2 heterocycles. The van der Waals surface area contributed by atoms with Gasteiger partial charge in [0.2, 0.25) is 5.91 Å². The van der Waals surface area contributed by atoms with Crippen LogP contribution >= 0.6 is 0 Å². The van der Waals surface area contributed by atoms with Crippen LogP contribution in [-0.4, -0.2) is 28.6 Å². The molecule has 1 aliphatic heterocycles. The number of pyridine rings is 1. The minimum Gasteiger partial charge on any atom is -0.504 e. The molecule has 5 nitrogen and oxygen atoms in total. The zero-order valence-electron chi connectivity index (χ0n) is 9.86. The number of aryl methyl sites for hydroxylation is 1. The molecule has 92 valence electrons. The van der Waals surface area contributed by atoms with E-state index in [1.165, 1.54) is 0 Å². The van der Waals surface area contributed by atoms with E-state index in [4.69, 9.17) is 0 Å². The lowest BCUT2D eigenvalue weighted by molar-refractivity contribution is -0.117. The van der Waals surface area contributed by atoms with Crippen molar-refractivity contribution in [3.05, 3.63) is 17.8 Å². The highest BCUT2D eigenvalue weighted by molar-refractivity contribution is 5.95. The monoisotopic (exact) mass is 235 g/mol. The number of hydrogen-bond donors (Lipinski definition) is 3. The third kappa shape index (κ3) is 2.55. The second-order valence-corrected chi connectivity index (χ2v) is 4.16. The van der Waals surface area contributed by atoms with Crippen molar-refractivity contribution in [2.75, 3.05) is 11.9 Å². The van der Waals surface area contributed by atoms with Crippen molar-refractivity contribution in [2.45, 2.75) is 32.2 Å². The molecule has 2 rings (SSSR count). The molecule has 0 saturated carbocycles. The maximum absolute atomic E-state index is 11.8. The average Bonchev–Trinajstić information content (AvgIpc) is 2.85. The largest absolute Gasteiger partial charge is 0.504 e. The highest BCUT2D eigenvalue weighted by Crippen LogP contribution is 2.25. The van der Waals surface area contributed by atoms with E-state index >= 15 is 0 Å². The Kier molecular flexibility index (Phi) is 3.58. The lowest BCUT2D eigenvalue weighted by atomic mass is 10.2. The Bertz CT molecular complexity index is 414. The van der Waals surface area contributed by atoms with Gasteiger partial charge in [-0.1, -0.05) is 6.92 Å². The van der Waals surface area contributed by atoms with Gasteiger partial charge < -0.3 is 15.7 Å². The van der Waals surface area contributed by atoms with E-state index in [1.54, 1.807) is 12.3 Å². The fraction of sp³-hybridized carbons (Fsp3) is 0.500. The van der Waals surface area contributed by atoms with E-state index in [0.29, 0.717) is 6.42 Å². The summed E-state index contributed by atoms with van der Waals surface area (Å²) in [5.74, 6) is 0.197. The number of hydrogen-bond acceptors (Lipinski definition) is 4. The van der Waals surface area contributed by atoms with E-state index in [1.807, 2.05) is 6.92 Å². The minimum atomic E-state index is -0.165. The smallest absolute Gasteiger partial charge is 0.242 e. The van der Waals surface area contributed by atoms with Crippen LogP contribution < -0.4 is 10.6 Å². The molecular weight excluding hydrogens is 218 g/mol. The van der Waals surface area contributed by atoms with E-state index in [0.717, 1.165) is 24.9 Å². The van der Waals surface area contributed by atoms with Crippen LogP contribution in [0.15, 0.2) is 12.3 Å². The Labute approximate surface area is 100 Å². The fourth-order valence-electron chi connectivity index (χ4n) is 1.98. The van der Waals surface area contributed by atoms with Crippen LogP contribution in [0.2, 0.25) is 0 Å². The lowest BCUT2D eigenvalue weighted by Crippen LogP contribution is -2.35. The van der Waals surface area contributed by atoms with Crippen LogP contribution in [0, 0.1) is 0 Å². The molecule has 0 aliphatic carbocycles. The van der Waals surface area contributed by atoms with Gasteiger partial charge in [-0.25, -0.2) is 4.98 Å². The maximum Gasteiger partial charge on any atom is 0.242 e. The Morgan fingerprint density at radius 1 is 1.71 bits per heavy atom. The number of carbonyl (C=O) groups is 1. The summed E-state index contributed by atoms with van der Waals surface area (Å²) in [7, 11) is 0. The van der Waals surface area contributed by atoms with Gasteiger partial charge in [-0.05, 0) is 37.4 Å². The summed E-state index contributed by atoms with van der Waals surface area (Å²) in [5.41, 5.74) is 0.787. The predicted octanol–water partition coefficient (Wildman–Crippen LogP) is 1.04.